The van der Waals surface area contributed by atoms with Gasteiger partial charge in [0.1, 0.15) is 11.6 Å². The number of rotatable bonds is 5. The van der Waals surface area contributed by atoms with Gasteiger partial charge < -0.3 is 15.2 Å². The van der Waals surface area contributed by atoms with Gasteiger partial charge in [0.25, 0.3) is 0 Å². The number of aromatic nitrogens is 2. The number of hydrogen-bond acceptors (Lipinski definition) is 2. The van der Waals surface area contributed by atoms with E-state index in [1.54, 1.807) is 12.1 Å². The molecule has 0 aliphatic heterocycles. The molecule has 1 aromatic heterocycles. The third kappa shape index (κ3) is 4.15. The van der Waals surface area contributed by atoms with Crippen molar-refractivity contribution in [1.82, 2.24) is 20.2 Å². The lowest BCUT2D eigenvalue weighted by Gasteiger charge is -2.11. The molecule has 0 radical (unpaired) electrons. The van der Waals surface area contributed by atoms with Gasteiger partial charge in [-0.05, 0) is 36.8 Å². The number of nitrogens with one attached hydrogen (secondary N) is 2. The van der Waals surface area contributed by atoms with Crippen molar-refractivity contribution in [3.8, 4) is 0 Å². The van der Waals surface area contributed by atoms with E-state index in [-0.39, 0.29) is 5.82 Å². The summed E-state index contributed by atoms with van der Waals surface area (Å²) in [7, 11) is 2.01. The molecule has 0 saturated heterocycles. The highest BCUT2D eigenvalue weighted by molar-refractivity contribution is 5.80. The monoisotopic (exact) mass is 339 g/mol. The Morgan fingerprint density at radius 1 is 1.12 bits per heavy atom. The molecule has 0 saturated carbocycles. The molecule has 0 aliphatic carbocycles. The first-order valence-corrected chi connectivity index (χ1v) is 8.34. The van der Waals surface area contributed by atoms with Gasteiger partial charge in [-0.25, -0.2) is 14.4 Å². The molecule has 1 heterocycles. The van der Waals surface area contributed by atoms with Crippen LogP contribution in [0.25, 0.3) is 11.0 Å². The van der Waals surface area contributed by atoms with Crippen molar-refractivity contribution in [2.24, 2.45) is 12.0 Å². The van der Waals surface area contributed by atoms with E-state index in [9.17, 15) is 4.39 Å². The van der Waals surface area contributed by atoms with E-state index in [1.165, 1.54) is 12.1 Å². The van der Waals surface area contributed by atoms with Gasteiger partial charge in [0.2, 0.25) is 0 Å². The minimum absolute atomic E-state index is 0.236. The van der Waals surface area contributed by atoms with Crippen LogP contribution in [-0.2, 0) is 20.1 Å². The molecule has 0 fully saturated rings. The zero-order valence-electron chi connectivity index (χ0n) is 14.5. The average molecular weight is 339 g/mol. The Morgan fingerprint density at radius 3 is 2.60 bits per heavy atom. The topological polar surface area (TPSA) is 54.2 Å². The van der Waals surface area contributed by atoms with E-state index in [0.717, 1.165) is 29.0 Å². The zero-order chi connectivity index (χ0) is 17.6. The third-order valence-corrected chi connectivity index (χ3v) is 3.97. The van der Waals surface area contributed by atoms with Crippen LogP contribution in [0.15, 0.2) is 53.5 Å². The summed E-state index contributed by atoms with van der Waals surface area (Å²) in [6.45, 7) is 3.83. The van der Waals surface area contributed by atoms with Crippen LogP contribution in [-0.4, -0.2) is 22.1 Å². The minimum Gasteiger partial charge on any atom is -0.357 e. The summed E-state index contributed by atoms with van der Waals surface area (Å²) in [6.07, 6.45) is 0. The van der Waals surface area contributed by atoms with Crippen molar-refractivity contribution in [1.29, 1.82) is 0 Å². The Balaban J connectivity index is 1.69. The molecule has 130 valence electrons. The molecule has 6 heteroatoms. The number of para-hydroxylation sites is 2. The Morgan fingerprint density at radius 2 is 1.88 bits per heavy atom. The zero-order valence-corrected chi connectivity index (χ0v) is 14.5. The minimum atomic E-state index is -0.236. The van der Waals surface area contributed by atoms with Crippen molar-refractivity contribution in [3.05, 3.63) is 65.7 Å². The van der Waals surface area contributed by atoms with Crippen molar-refractivity contribution in [2.45, 2.75) is 20.0 Å². The molecule has 0 amide bonds. The molecule has 3 aromatic rings. The lowest BCUT2D eigenvalue weighted by Crippen LogP contribution is -2.37. The van der Waals surface area contributed by atoms with Crippen LogP contribution < -0.4 is 10.6 Å². The van der Waals surface area contributed by atoms with Gasteiger partial charge in [0.05, 0.1) is 24.1 Å². The maximum Gasteiger partial charge on any atom is 0.191 e. The van der Waals surface area contributed by atoms with Crippen LogP contribution in [0.4, 0.5) is 4.39 Å². The van der Waals surface area contributed by atoms with Crippen LogP contribution in [0.1, 0.15) is 18.3 Å². The molecule has 2 N–H and O–H groups in total. The van der Waals surface area contributed by atoms with Crippen LogP contribution in [0.2, 0.25) is 0 Å². The van der Waals surface area contributed by atoms with Crippen molar-refractivity contribution in [2.75, 3.05) is 6.54 Å². The molecule has 5 nitrogen and oxygen atoms in total. The second kappa shape index (κ2) is 7.79. The van der Waals surface area contributed by atoms with E-state index in [1.807, 2.05) is 32.2 Å². The predicted octanol–water partition coefficient (Wildman–Crippen LogP) is 2.97. The second-order valence-corrected chi connectivity index (χ2v) is 5.75. The van der Waals surface area contributed by atoms with E-state index < -0.39 is 0 Å². The van der Waals surface area contributed by atoms with Crippen molar-refractivity contribution >= 4 is 17.0 Å². The number of fused-ring (bicyclic) bond motifs is 1. The Hall–Kier alpha value is -2.89. The largest absolute Gasteiger partial charge is 0.357 e. The maximum atomic E-state index is 13.0. The molecular formula is C19H22FN5. The number of aliphatic imine (C=N–C) groups is 1. The molecule has 3 rings (SSSR count). The Bertz CT molecular complexity index is 867. The van der Waals surface area contributed by atoms with Crippen LogP contribution in [0.5, 0.6) is 0 Å². The molecular weight excluding hydrogens is 317 g/mol. The van der Waals surface area contributed by atoms with Gasteiger partial charge in [0.15, 0.2) is 5.96 Å². The molecule has 2 aromatic carbocycles. The predicted molar refractivity (Wildman–Crippen MR) is 98.8 cm³/mol. The number of aryl methyl sites for hydroxylation is 1. The molecule has 0 unspecified atom stereocenters. The molecule has 25 heavy (non-hydrogen) atoms. The van der Waals surface area contributed by atoms with Gasteiger partial charge in [0, 0.05) is 13.6 Å². The fraction of sp³-hybridized carbons (Fsp3) is 0.263. The van der Waals surface area contributed by atoms with Gasteiger partial charge >= 0.3 is 0 Å². The molecule has 0 aliphatic rings. The van der Waals surface area contributed by atoms with E-state index in [4.69, 9.17) is 0 Å². The SMILES string of the molecule is CCNC(=NCc1ccc(F)cc1)NCc1nc2ccccc2n1C. The summed E-state index contributed by atoms with van der Waals surface area (Å²) in [6, 6.07) is 14.4. The second-order valence-electron chi connectivity index (χ2n) is 5.75. The highest BCUT2D eigenvalue weighted by Gasteiger charge is 2.07. The molecule has 0 atom stereocenters. The first-order valence-electron chi connectivity index (χ1n) is 8.34. The average Bonchev–Trinajstić information content (AvgIpc) is 2.95. The van der Waals surface area contributed by atoms with E-state index in [2.05, 4.69) is 31.2 Å². The summed E-state index contributed by atoms with van der Waals surface area (Å²) >= 11 is 0. The quantitative estimate of drug-likeness (QED) is 0.555. The summed E-state index contributed by atoms with van der Waals surface area (Å²) in [4.78, 5) is 9.20. The molecule has 0 spiro atoms. The standard InChI is InChI=1S/C19H22FN5/c1-3-21-19(22-12-14-8-10-15(20)11-9-14)23-13-18-24-16-6-4-5-7-17(16)25(18)2/h4-11H,3,12-13H2,1-2H3,(H2,21,22,23). The summed E-state index contributed by atoms with van der Waals surface area (Å²) in [5, 5.41) is 6.52. The molecule has 0 bridgehead atoms. The highest BCUT2D eigenvalue weighted by Crippen LogP contribution is 2.13. The van der Waals surface area contributed by atoms with Crippen LogP contribution in [0, 0.1) is 5.82 Å². The number of halogens is 1. The van der Waals surface area contributed by atoms with E-state index in [0.29, 0.717) is 19.0 Å². The summed E-state index contributed by atoms with van der Waals surface area (Å²) < 4.78 is 15.0. The first-order chi connectivity index (χ1) is 12.2. The van der Waals surface area contributed by atoms with Crippen molar-refractivity contribution < 1.29 is 4.39 Å². The van der Waals surface area contributed by atoms with Crippen molar-refractivity contribution in [3.63, 3.8) is 0 Å². The number of benzene rings is 2. The third-order valence-electron chi connectivity index (χ3n) is 3.97. The van der Waals surface area contributed by atoms with Gasteiger partial charge in [-0.15, -0.1) is 0 Å². The lowest BCUT2D eigenvalue weighted by molar-refractivity contribution is 0.627. The lowest BCUT2D eigenvalue weighted by atomic mass is 10.2. The smallest absolute Gasteiger partial charge is 0.191 e. The number of hydrogen-bond donors (Lipinski definition) is 2. The summed E-state index contributed by atoms with van der Waals surface area (Å²) in [5.74, 6) is 1.41. The summed E-state index contributed by atoms with van der Waals surface area (Å²) in [5.41, 5.74) is 3.05. The van der Waals surface area contributed by atoms with Gasteiger partial charge in [-0.3, -0.25) is 0 Å². The van der Waals surface area contributed by atoms with Crippen LogP contribution in [0.3, 0.4) is 0 Å². The highest BCUT2D eigenvalue weighted by atomic mass is 19.1. The number of imidazole rings is 1. The van der Waals surface area contributed by atoms with Gasteiger partial charge in [-0.2, -0.15) is 0 Å². The van der Waals surface area contributed by atoms with Gasteiger partial charge in [-0.1, -0.05) is 24.3 Å². The normalized spacial score (nSPS) is 11.7. The Kier molecular flexibility index (Phi) is 5.28. The number of guanidine groups is 1. The van der Waals surface area contributed by atoms with E-state index >= 15 is 0 Å². The maximum absolute atomic E-state index is 13.0. The Labute approximate surface area is 146 Å². The fourth-order valence-corrected chi connectivity index (χ4v) is 2.62. The number of nitrogens with zero attached hydrogens (tertiary/aromatic N) is 3. The first kappa shape index (κ1) is 17.0. The van der Waals surface area contributed by atoms with Crippen LogP contribution >= 0.6 is 0 Å². The fourth-order valence-electron chi connectivity index (χ4n) is 2.62.